The number of nitrogens with zero attached hydrogens (tertiary/aromatic N) is 1. The molecule has 0 saturated carbocycles. The summed E-state index contributed by atoms with van der Waals surface area (Å²) in [6.45, 7) is 4.27. The first-order chi connectivity index (χ1) is 8.49. The highest BCUT2D eigenvalue weighted by Crippen LogP contribution is 2.49. The number of aliphatic hydroxyl groups is 1. The Balaban J connectivity index is 2.13. The summed E-state index contributed by atoms with van der Waals surface area (Å²) in [6.07, 6.45) is 1.70. The van der Waals surface area contributed by atoms with Crippen LogP contribution in [-0.4, -0.2) is 35.3 Å². The summed E-state index contributed by atoms with van der Waals surface area (Å²) in [6, 6.07) is 5.43. The van der Waals surface area contributed by atoms with Crippen molar-refractivity contribution in [2.75, 3.05) is 20.1 Å². The van der Waals surface area contributed by atoms with Crippen molar-refractivity contribution < 1.29 is 10.2 Å². The second-order valence-electron chi connectivity index (χ2n) is 6.25. The minimum atomic E-state index is -0.394. The number of phenols is 1. The predicted molar refractivity (Wildman–Crippen MR) is 70.6 cm³/mol. The van der Waals surface area contributed by atoms with Gasteiger partial charge in [-0.2, -0.15) is 0 Å². The standard InChI is InChI=1S/C15H21NO2/c1-15-5-6-16(2)9-10(8-15)14(18)12-4-3-11(17)7-13(12)15/h3-4,7,10,14,17-18H,5-6,8-9H2,1-2H3/t10-,14?,15-/m1/s1. The number of phenolic OH excluding ortho intramolecular Hbond substituents is 1. The zero-order valence-corrected chi connectivity index (χ0v) is 11.1. The van der Waals surface area contributed by atoms with Crippen LogP contribution in [0.2, 0.25) is 0 Å². The van der Waals surface area contributed by atoms with E-state index in [0.29, 0.717) is 11.7 Å². The van der Waals surface area contributed by atoms with E-state index in [0.717, 1.165) is 37.1 Å². The van der Waals surface area contributed by atoms with E-state index < -0.39 is 6.10 Å². The number of fused-ring (bicyclic) bond motifs is 4. The van der Waals surface area contributed by atoms with Crippen LogP contribution in [-0.2, 0) is 5.41 Å². The summed E-state index contributed by atoms with van der Waals surface area (Å²) >= 11 is 0. The smallest absolute Gasteiger partial charge is 0.115 e. The van der Waals surface area contributed by atoms with Crippen LogP contribution in [0.3, 0.4) is 0 Å². The van der Waals surface area contributed by atoms with Crippen molar-refractivity contribution in [3.8, 4) is 5.75 Å². The lowest BCUT2D eigenvalue weighted by atomic mass is 9.65. The van der Waals surface area contributed by atoms with Gasteiger partial charge in [0.2, 0.25) is 0 Å². The van der Waals surface area contributed by atoms with Gasteiger partial charge in [-0.25, -0.2) is 0 Å². The molecule has 1 fully saturated rings. The summed E-state index contributed by atoms with van der Waals surface area (Å²) in [5, 5.41) is 20.2. The van der Waals surface area contributed by atoms with Gasteiger partial charge in [0.1, 0.15) is 5.75 Å². The minimum Gasteiger partial charge on any atom is -0.508 e. The maximum Gasteiger partial charge on any atom is 0.115 e. The molecule has 1 aromatic carbocycles. The van der Waals surface area contributed by atoms with E-state index in [1.807, 2.05) is 12.1 Å². The van der Waals surface area contributed by atoms with Crippen molar-refractivity contribution in [1.82, 2.24) is 4.90 Å². The normalized spacial score (nSPS) is 35.9. The Morgan fingerprint density at radius 2 is 2.17 bits per heavy atom. The molecule has 3 atom stereocenters. The molecule has 1 saturated heterocycles. The van der Waals surface area contributed by atoms with E-state index in [-0.39, 0.29) is 5.41 Å². The molecule has 3 nitrogen and oxygen atoms in total. The Morgan fingerprint density at radius 3 is 2.94 bits per heavy atom. The number of hydrogen-bond donors (Lipinski definition) is 2. The van der Waals surface area contributed by atoms with Crippen LogP contribution in [0.15, 0.2) is 18.2 Å². The molecule has 2 aliphatic rings. The fraction of sp³-hybridized carbons (Fsp3) is 0.600. The lowest BCUT2D eigenvalue weighted by molar-refractivity contribution is 0.0671. The minimum absolute atomic E-state index is 0.0860. The first kappa shape index (κ1) is 12.0. The SMILES string of the molecule is CN1CC[C@]2(C)C[C@H](C1)C(O)c1ccc(O)cc12. The fourth-order valence-corrected chi connectivity index (χ4v) is 3.71. The number of aliphatic hydroxyl groups excluding tert-OH is 1. The predicted octanol–water partition coefficient (Wildman–Crippen LogP) is 2.04. The van der Waals surface area contributed by atoms with Gasteiger partial charge in [-0.1, -0.05) is 13.0 Å². The van der Waals surface area contributed by atoms with Crippen molar-refractivity contribution >= 4 is 0 Å². The van der Waals surface area contributed by atoms with Gasteiger partial charge in [0.15, 0.2) is 0 Å². The maximum atomic E-state index is 10.5. The van der Waals surface area contributed by atoms with Gasteiger partial charge in [-0.15, -0.1) is 0 Å². The number of aromatic hydroxyl groups is 1. The number of rotatable bonds is 0. The average molecular weight is 247 g/mol. The fourth-order valence-electron chi connectivity index (χ4n) is 3.71. The summed E-state index contributed by atoms with van der Waals surface area (Å²) in [4.78, 5) is 2.31. The highest BCUT2D eigenvalue weighted by Gasteiger charge is 2.43. The topological polar surface area (TPSA) is 43.7 Å². The first-order valence-electron chi connectivity index (χ1n) is 6.70. The van der Waals surface area contributed by atoms with Crippen LogP contribution in [0.1, 0.15) is 37.0 Å². The van der Waals surface area contributed by atoms with E-state index in [1.165, 1.54) is 0 Å². The summed E-state index contributed by atoms with van der Waals surface area (Å²) in [5.74, 6) is 0.609. The Bertz CT molecular complexity index is 474. The Morgan fingerprint density at radius 1 is 1.39 bits per heavy atom. The summed E-state index contributed by atoms with van der Waals surface area (Å²) in [7, 11) is 2.12. The monoisotopic (exact) mass is 247 g/mol. The number of hydrogen-bond acceptors (Lipinski definition) is 3. The van der Waals surface area contributed by atoms with Crippen molar-refractivity contribution in [2.24, 2.45) is 5.92 Å². The van der Waals surface area contributed by atoms with Crippen molar-refractivity contribution in [3.63, 3.8) is 0 Å². The molecule has 18 heavy (non-hydrogen) atoms. The van der Waals surface area contributed by atoms with Gasteiger partial charge >= 0.3 is 0 Å². The number of likely N-dealkylation sites (tertiary alicyclic amines) is 1. The highest BCUT2D eigenvalue weighted by atomic mass is 16.3. The van der Waals surface area contributed by atoms with Crippen LogP contribution < -0.4 is 0 Å². The van der Waals surface area contributed by atoms with Gasteiger partial charge in [0.05, 0.1) is 6.10 Å². The molecule has 0 aromatic heterocycles. The second kappa shape index (κ2) is 3.97. The average Bonchev–Trinajstić information content (AvgIpc) is 2.46. The molecular weight excluding hydrogens is 226 g/mol. The summed E-state index contributed by atoms with van der Waals surface area (Å²) < 4.78 is 0. The van der Waals surface area contributed by atoms with Crippen LogP contribution in [0.25, 0.3) is 0 Å². The van der Waals surface area contributed by atoms with E-state index in [9.17, 15) is 10.2 Å². The molecule has 1 unspecified atom stereocenters. The molecule has 98 valence electrons. The Labute approximate surface area is 108 Å². The second-order valence-corrected chi connectivity index (χ2v) is 6.25. The molecule has 1 aromatic rings. The van der Waals surface area contributed by atoms with Gasteiger partial charge in [0.25, 0.3) is 0 Å². The number of benzene rings is 1. The quantitative estimate of drug-likeness (QED) is 0.737. The first-order valence-corrected chi connectivity index (χ1v) is 6.70. The van der Waals surface area contributed by atoms with Crippen molar-refractivity contribution in [3.05, 3.63) is 29.3 Å². The molecule has 2 N–H and O–H groups in total. The van der Waals surface area contributed by atoms with Crippen molar-refractivity contribution in [1.29, 1.82) is 0 Å². The molecule has 3 rings (SSSR count). The molecule has 1 aliphatic heterocycles. The Kier molecular flexibility index (Phi) is 2.65. The molecule has 3 heteroatoms. The van der Waals surface area contributed by atoms with E-state index in [4.69, 9.17) is 0 Å². The zero-order valence-electron chi connectivity index (χ0n) is 11.1. The molecule has 1 aliphatic carbocycles. The molecule has 0 amide bonds. The van der Waals surface area contributed by atoms with Crippen LogP contribution in [0.4, 0.5) is 0 Å². The lowest BCUT2D eigenvalue weighted by Gasteiger charge is -2.41. The van der Waals surface area contributed by atoms with E-state index >= 15 is 0 Å². The van der Waals surface area contributed by atoms with E-state index in [2.05, 4.69) is 18.9 Å². The zero-order chi connectivity index (χ0) is 12.9. The van der Waals surface area contributed by atoms with Crippen LogP contribution in [0, 0.1) is 5.92 Å². The third kappa shape index (κ3) is 1.73. The molecular formula is C15H21NO2. The maximum absolute atomic E-state index is 10.5. The van der Waals surface area contributed by atoms with Gasteiger partial charge < -0.3 is 15.1 Å². The van der Waals surface area contributed by atoms with Crippen LogP contribution in [0.5, 0.6) is 5.75 Å². The summed E-state index contributed by atoms with van der Waals surface area (Å²) in [5.41, 5.74) is 2.24. The molecule has 0 radical (unpaired) electrons. The molecule has 0 spiro atoms. The third-order valence-electron chi connectivity index (χ3n) is 4.76. The van der Waals surface area contributed by atoms with E-state index in [1.54, 1.807) is 6.07 Å². The lowest BCUT2D eigenvalue weighted by Crippen LogP contribution is -2.35. The Hall–Kier alpha value is -1.06. The van der Waals surface area contributed by atoms with Gasteiger partial charge in [0, 0.05) is 12.5 Å². The third-order valence-corrected chi connectivity index (χ3v) is 4.76. The van der Waals surface area contributed by atoms with Crippen LogP contribution >= 0.6 is 0 Å². The largest absolute Gasteiger partial charge is 0.508 e. The van der Waals surface area contributed by atoms with Gasteiger partial charge in [-0.3, -0.25) is 0 Å². The van der Waals surface area contributed by atoms with Gasteiger partial charge in [-0.05, 0) is 55.1 Å². The molecule has 1 heterocycles. The van der Waals surface area contributed by atoms with Crippen molar-refractivity contribution in [2.45, 2.75) is 31.3 Å². The highest BCUT2D eigenvalue weighted by molar-refractivity contribution is 5.43. The molecule has 2 bridgehead atoms.